The summed E-state index contributed by atoms with van der Waals surface area (Å²) in [5.41, 5.74) is 4.12. The van der Waals surface area contributed by atoms with E-state index in [1.165, 1.54) is 16.8 Å². The van der Waals surface area contributed by atoms with Crippen LogP contribution >= 0.6 is 0 Å². The van der Waals surface area contributed by atoms with E-state index in [0.29, 0.717) is 0 Å². The molecular weight excluding hydrogens is 322 g/mol. The molecule has 0 N–H and O–H groups in total. The molecule has 5 nitrogen and oxygen atoms in total. The van der Waals surface area contributed by atoms with E-state index in [2.05, 4.69) is 71.6 Å². The number of benzene rings is 1. The van der Waals surface area contributed by atoms with Crippen LogP contribution < -0.4 is 14.7 Å². The summed E-state index contributed by atoms with van der Waals surface area (Å²) in [6, 6.07) is 8.74. The lowest BCUT2D eigenvalue weighted by molar-refractivity contribution is 0.644. The number of hydrogen-bond acceptors (Lipinski definition) is 5. The zero-order chi connectivity index (χ0) is 18.7. The summed E-state index contributed by atoms with van der Waals surface area (Å²) in [5.74, 6) is 2.94. The summed E-state index contributed by atoms with van der Waals surface area (Å²) < 4.78 is 0. The molecule has 1 saturated heterocycles. The zero-order valence-electron chi connectivity index (χ0n) is 16.8. The van der Waals surface area contributed by atoms with Gasteiger partial charge in [-0.15, -0.1) is 0 Å². The van der Waals surface area contributed by atoms with Crippen LogP contribution in [0.4, 0.5) is 17.3 Å². The Hall–Kier alpha value is -2.30. The SMILES string of the molecule is CCN(CC)c1cc(N2CCN(c3cccc(C)c3C)CC2)nc(C)n1. The first kappa shape index (κ1) is 18.5. The smallest absolute Gasteiger partial charge is 0.134 e. The number of hydrogen-bond donors (Lipinski definition) is 0. The van der Waals surface area contributed by atoms with Gasteiger partial charge in [0.05, 0.1) is 0 Å². The minimum Gasteiger partial charge on any atom is -0.368 e. The van der Waals surface area contributed by atoms with E-state index in [0.717, 1.165) is 56.7 Å². The van der Waals surface area contributed by atoms with Gasteiger partial charge in [-0.3, -0.25) is 0 Å². The molecule has 0 atom stereocenters. The van der Waals surface area contributed by atoms with E-state index >= 15 is 0 Å². The molecule has 2 heterocycles. The molecule has 26 heavy (non-hydrogen) atoms. The van der Waals surface area contributed by atoms with Crippen molar-refractivity contribution in [1.29, 1.82) is 0 Å². The second-order valence-electron chi connectivity index (χ2n) is 7.00. The van der Waals surface area contributed by atoms with Crippen LogP contribution in [0.25, 0.3) is 0 Å². The molecule has 3 rings (SSSR count). The molecule has 0 radical (unpaired) electrons. The van der Waals surface area contributed by atoms with Crippen molar-refractivity contribution in [1.82, 2.24) is 9.97 Å². The van der Waals surface area contributed by atoms with Crippen molar-refractivity contribution in [3.05, 3.63) is 41.2 Å². The van der Waals surface area contributed by atoms with Crippen molar-refractivity contribution < 1.29 is 0 Å². The average Bonchev–Trinajstić information content (AvgIpc) is 2.65. The number of anilines is 3. The van der Waals surface area contributed by atoms with Crippen LogP contribution in [0.1, 0.15) is 30.8 Å². The highest BCUT2D eigenvalue weighted by Crippen LogP contribution is 2.26. The van der Waals surface area contributed by atoms with E-state index in [1.54, 1.807) is 0 Å². The van der Waals surface area contributed by atoms with Gasteiger partial charge in [0.25, 0.3) is 0 Å². The van der Waals surface area contributed by atoms with Crippen molar-refractivity contribution in [2.75, 3.05) is 54.0 Å². The van der Waals surface area contributed by atoms with E-state index < -0.39 is 0 Å². The summed E-state index contributed by atoms with van der Waals surface area (Å²) in [6.07, 6.45) is 0. The summed E-state index contributed by atoms with van der Waals surface area (Å²) in [6.45, 7) is 16.7. The first-order chi connectivity index (χ1) is 12.5. The monoisotopic (exact) mass is 353 g/mol. The normalized spacial score (nSPS) is 14.7. The van der Waals surface area contributed by atoms with Crippen molar-refractivity contribution in [3.8, 4) is 0 Å². The minimum atomic E-state index is 0.848. The Morgan fingerprint density at radius 2 is 1.58 bits per heavy atom. The molecule has 1 aliphatic heterocycles. The van der Waals surface area contributed by atoms with Crippen molar-refractivity contribution in [3.63, 3.8) is 0 Å². The van der Waals surface area contributed by atoms with Crippen molar-refractivity contribution >= 4 is 17.3 Å². The molecule has 1 aromatic carbocycles. The van der Waals surface area contributed by atoms with Gasteiger partial charge in [0.2, 0.25) is 0 Å². The highest BCUT2D eigenvalue weighted by Gasteiger charge is 2.21. The molecule has 0 amide bonds. The van der Waals surface area contributed by atoms with Crippen LogP contribution in [0.2, 0.25) is 0 Å². The number of piperazine rings is 1. The highest BCUT2D eigenvalue weighted by atomic mass is 15.3. The Bertz CT molecular complexity index is 746. The molecule has 1 aromatic heterocycles. The molecule has 140 valence electrons. The van der Waals surface area contributed by atoms with Crippen LogP contribution in [-0.2, 0) is 0 Å². The molecule has 0 unspecified atom stereocenters. The van der Waals surface area contributed by atoms with Crippen LogP contribution in [0, 0.1) is 20.8 Å². The molecule has 0 saturated carbocycles. The van der Waals surface area contributed by atoms with Gasteiger partial charge in [0, 0.05) is 51.0 Å². The second-order valence-corrected chi connectivity index (χ2v) is 7.00. The van der Waals surface area contributed by atoms with E-state index in [9.17, 15) is 0 Å². The van der Waals surface area contributed by atoms with E-state index in [1.807, 2.05) is 6.92 Å². The zero-order valence-corrected chi connectivity index (χ0v) is 16.8. The van der Waals surface area contributed by atoms with Gasteiger partial charge in [-0.05, 0) is 51.8 Å². The standard InChI is InChI=1S/C21H31N5/c1-6-24(7-2)20-15-21(23-18(5)22-20)26-13-11-25(12-14-26)19-10-8-9-16(3)17(19)4/h8-10,15H,6-7,11-14H2,1-5H3. The van der Waals surface area contributed by atoms with Crippen molar-refractivity contribution in [2.45, 2.75) is 34.6 Å². The fourth-order valence-electron chi connectivity index (χ4n) is 3.66. The Kier molecular flexibility index (Phi) is 5.64. The lowest BCUT2D eigenvalue weighted by Crippen LogP contribution is -2.47. The Labute approximate surface area is 157 Å². The quantitative estimate of drug-likeness (QED) is 0.821. The predicted octanol–water partition coefficient (Wildman–Crippen LogP) is 3.57. The maximum absolute atomic E-state index is 4.71. The summed E-state index contributed by atoms with van der Waals surface area (Å²) in [7, 11) is 0. The number of aromatic nitrogens is 2. The summed E-state index contributed by atoms with van der Waals surface area (Å²) in [5, 5.41) is 0. The Morgan fingerprint density at radius 3 is 2.23 bits per heavy atom. The molecular formula is C21H31N5. The van der Waals surface area contributed by atoms with Crippen LogP contribution in [0.3, 0.4) is 0 Å². The fourth-order valence-corrected chi connectivity index (χ4v) is 3.66. The Morgan fingerprint density at radius 1 is 0.923 bits per heavy atom. The van der Waals surface area contributed by atoms with Gasteiger partial charge in [0.15, 0.2) is 0 Å². The molecule has 0 aliphatic carbocycles. The number of nitrogens with zero attached hydrogens (tertiary/aromatic N) is 5. The minimum absolute atomic E-state index is 0.848. The summed E-state index contributed by atoms with van der Waals surface area (Å²) in [4.78, 5) is 16.5. The van der Waals surface area contributed by atoms with Gasteiger partial charge in [-0.2, -0.15) is 0 Å². The van der Waals surface area contributed by atoms with Gasteiger partial charge in [-0.25, -0.2) is 9.97 Å². The molecule has 1 aliphatic rings. The number of rotatable bonds is 5. The molecule has 0 spiro atoms. The van der Waals surface area contributed by atoms with E-state index in [4.69, 9.17) is 4.98 Å². The number of aryl methyl sites for hydroxylation is 2. The van der Waals surface area contributed by atoms with Gasteiger partial charge in [0.1, 0.15) is 17.5 Å². The highest BCUT2D eigenvalue weighted by molar-refractivity contribution is 5.58. The first-order valence-corrected chi connectivity index (χ1v) is 9.70. The maximum Gasteiger partial charge on any atom is 0.134 e. The van der Waals surface area contributed by atoms with Gasteiger partial charge >= 0.3 is 0 Å². The van der Waals surface area contributed by atoms with Gasteiger partial charge < -0.3 is 14.7 Å². The third-order valence-corrected chi connectivity index (χ3v) is 5.42. The Balaban J connectivity index is 1.75. The topological polar surface area (TPSA) is 35.5 Å². The average molecular weight is 354 g/mol. The van der Waals surface area contributed by atoms with Crippen LogP contribution in [0.15, 0.2) is 24.3 Å². The second kappa shape index (κ2) is 7.94. The molecule has 2 aromatic rings. The predicted molar refractivity (Wildman–Crippen MR) is 111 cm³/mol. The third kappa shape index (κ3) is 3.76. The molecule has 1 fully saturated rings. The third-order valence-electron chi connectivity index (χ3n) is 5.42. The molecule has 0 bridgehead atoms. The lowest BCUT2D eigenvalue weighted by atomic mass is 10.1. The summed E-state index contributed by atoms with van der Waals surface area (Å²) >= 11 is 0. The van der Waals surface area contributed by atoms with Crippen molar-refractivity contribution in [2.24, 2.45) is 0 Å². The maximum atomic E-state index is 4.71. The molecule has 5 heteroatoms. The lowest BCUT2D eigenvalue weighted by Gasteiger charge is -2.38. The van der Waals surface area contributed by atoms with Crippen LogP contribution in [0.5, 0.6) is 0 Å². The fraction of sp³-hybridized carbons (Fsp3) is 0.524. The largest absolute Gasteiger partial charge is 0.368 e. The first-order valence-electron chi connectivity index (χ1n) is 9.70. The van der Waals surface area contributed by atoms with Crippen LogP contribution in [-0.4, -0.2) is 49.2 Å². The van der Waals surface area contributed by atoms with Gasteiger partial charge in [-0.1, -0.05) is 12.1 Å². The van der Waals surface area contributed by atoms with E-state index in [-0.39, 0.29) is 0 Å².